The molecule has 0 saturated heterocycles. The largest absolute Gasteiger partial charge is 0.354 e. The Hall–Kier alpha value is -1.36. The number of halogens is 1. The molecule has 0 unspecified atom stereocenters. The molecular formula is C14H21ClN4O. The van der Waals surface area contributed by atoms with Gasteiger partial charge < -0.3 is 10.2 Å². The fourth-order valence-electron chi connectivity index (χ4n) is 1.81. The lowest BCUT2D eigenvalue weighted by atomic mass is 10.2. The smallest absolute Gasteiger partial charge is 0.239 e. The molecule has 0 bridgehead atoms. The predicted octanol–water partition coefficient (Wildman–Crippen LogP) is 2.22. The highest BCUT2D eigenvalue weighted by molar-refractivity contribution is 6.29. The molecule has 2 rings (SSSR count). The lowest BCUT2D eigenvalue weighted by Gasteiger charge is -2.19. The van der Waals surface area contributed by atoms with E-state index in [0.717, 1.165) is 18.7 Å². The summed E-state index contributed by atoms with van der Waals surface area (Å²) in [7, 11) is 1.84. The van der Waals surface area contributed by atoms with Crippen LogP contribution in [0, 0.1) is 5.92 Å². The summed E-state index contributed by atoms with van der Waals surface area (Å²) in [6.07, 6.45) is 2.25. The molecule has 0 atom stereocenters. The van der Waals surface area contributed by atoms with Crippen LogP contribution in [-0.2, 0) is 4.79 Å². The monoisotopic (exact) mass is 296 g/mol. The first-order chi connectivity index (χ1) is 9.45. The van der Waals surface area contributed by atoms with Crippen molar-refractivity contribution in [2.45, 2.75) is 32.6 Å². The summed E-state index contributed by atoms with van der Waals surface area (Å²) in [5, 5.41) is 3.33. The molecule has 0 aliphatic heterocycles. The third-order valence-corrected chi connectivity index (χ3v) is 3.31. The van der Waals surface area contributed by atoms with Crippen LogP contribution in [-0.4, -0.2) is 36.0 Å². The fraction of sp³-hybridized carbons (Fsp3) is 0.643. The molecule has 1 aromatic rings. The molecule has 1 saturated carbocycles. The molecule has 0 radical (unpaired) electrons. The van der Waals surface area contributed by atoms with Gasteiger partial charge in [-0.15, -0.1) is 0 Å². The Morgan fingerprint density at radius 1 is 1.50 bits per heavy atom. The van der Waals surface area contributed by atoms with Crippen molar-refractivity contribution in [1.82, 2.24) is 15.3 Å². The zero-order valence-electron chi connectivity index (χ0n) is 12.2. The normalized spacial score (nSPS) is 14.4. The Morgan fingerprint density at radius 2 is 2.20 bits per heavy atom. The molecule has 1 amide bonds. The minimum atomic E-state index is -0.0103. The third-order valence-electron chi connectivity index (χ3n) is 3.12. The van der Waals surface area contributed by atoms with Crippen LogP contribution >= 0.6 is 11.6 Å². The summed E-state index contributed by atoms with van der Waals surface area (Å²) in [5.41, 5.74) is 0. The number of carbonyl (C=O) groups excluding carboxylic acids is 1. The van der Waals surface area contributed by atoms with Gasteiger partial charge in [-0.3, -0.25) is 4.79 Å². The Bertz CT molecular complexity index is 488. The first-order valence-corrected chi connectivity index (χ1v) is 7.36. The number of carbonyl (C=O) groups is 1. The van der Waals surface area contributed by atoms with Gasteiger partial charge in [-0.05, 0) is 18.8 Å². The molecule has 1 aromatic heterocycles. The van der Waals surface area contributed by atoms with Gasteiger partial charge in [0.2, 0.25) is 5.91 Å². The fourth-order valence-corrected chi connectivity index (χ4v) is 2.00. The molecule has 1 aliphatic carbocycles. The third kappa shape index (κ3) is 4.34. The van der Waals surface area contributed by atoms with Gasteiger partial charge in [-0.1, -0.05) is 25.4 Å². The molecule has 1 aliphatic rings. The Balaban J connectivity index is 1.97. The van der Waals surface area contributed by atoms with E-state index in [4.69, 9.17) is 11.6 Å². The lowest BCUT2D eigenvalue weighted by molar-refractivity contribution is -0.119. The summed E-state index contributed by atoms with van der Waals surface area (Å²) >= 11 is 6.03. The zero-order chi connectivity index (χ0) is 14.7. The summed E-state index contributed by atoms with van der Waals surface area (Å²) in [6, 6.07) is 1.70. The van der Waals surface area contributed by atoms with Crippen LogP contribution < -0.4 is 10.2 Å². The van der Waals surface area contributed by atoms with Crippen molar-refractivity contribution in [3.63, 3.8) is 0 Å². The number of likely N-dealkylation sites (N-methyl/N-ethyl adjacent to an activating group) is 1. The van der Waals surface area contributed by atoms with Crippen LogP contribution in [0.2, 0.25) is 5.15 Å². The molecular weight excluding hydrogens is 276 g/mol. The van der Waals surface area contributed by atoms with E-state index < -0.39 is 0 Å². The zero-order valence-corrected chi connectivity index (χ0v) is 12.9. The van der Waals surface area contributed by atoms with Crippen molar-refractivity contribution in [3.8, 4) is 0 Å². The maximum absolute atomic E-state index is 11.8. The molecule has 1 heterocycles. The number of nitrogens with one attached hydrogen (secondary N) is 1. The molecule has 5 nitrogen and oxygen atoms in total. The van der Waals surface area contributed by atoms with Crippen LogP contribution in [0.25, 0.3) is 0 Å². The lowest BCUT2D eigenvalue weighted by Crippen LogP contribution is -2.37. The SMILES string of the molecule is CC(C)CNC(=O)CN(C)c1cc(Cl)nc(C2CC2)n1. The van der Waals surface area contributed by atoms with Gasteiger partial charge in [0.25, 0.3) is 0 Å². The second-order valence-corrected chi connectivity index (χ2v) is 6.12. The summed E-state index contributed by atoms with van der Waals surface area (Å²) in [6.45, 7) is 5.08. The number of anilines is 1. The van der Waals surface area contributed by atoms with Gasteiger partial charge in [0.15, 0.2) is 0 Å². The molecule has 20 heavy (non-hydrogen) atoms. The quantitative estimate of drug-likeness (QED) is 0.818. The molecule has 1 N–H and O–H groups in total. The average Bonchev–Trinajstić information content (AvgIpc) is 3.19. The topological polar surface area (TPSA) is 58.1 Å². The number of nitrogens with zero attached hydrogens (tertiary/aromatic N) is 3. The van der Waals surface area contributed by atoms with E-state index in [1.54, 1.807) is 11.0 Å². The van der Waals surface area contributed by atoms with E-state index in [-0.39, 0.29) is 12.5 Å². The van der Waals surface area contributed by atoms with Gasteiger partial charge in [-0.2, -0.15) is 0 Å². The molecule has 6 heteroatoms. The van der Waals surface area contributed by atoms with Crippen molar-refractivity contribution in [2.75, 3.05) is 25.0 Å². The van der Waals surface area contributed by atoms with Crippen molar-refractivity contribution < 1.29 is 4.79 Å². The highest BCUT2D eigenvalue weighted by Gasteiger charge is 2.27. The number of amides is 1. The van der Waals surface area contributed by atoms with Crippen LogP contribution in [0.4, 0.5) is 5.82 Å². The maximum Gasteiger partial charge on any atom is 0.239 e. The van der Waals surface area contributed by atoms with E-state index in [1.807, 2.05) is 7.05 Å². The van der Waals surface area contributed by atoms with Crippen LogP contribution in [0.15, 0.2) is 6.07 Å². The predicted molar refractivity (Wildman–Crippen MR) is 80.1 cm³/mol. The standard InChI is InChI=1S/C14H21ClN4O/c1-9(2)7-16-13(20)8-19(3)12-6-11(15)17-14(18-12)10-4-5-10/h6,9-10H,4-5,7-8H2,1-3H3,(H,16,20). The van der Waals surface area contributed by atoms with Gasteiger partial charge in [0.05, 0.1) is 6.54 Å². The molecule has 1 fully saturated rings. The van der Waals surface area contributed by atoms with Crippen molar-refractivity contribution in [3.05, 3.63) is 17.0 Å². The molecule has 0 spiro atoms. The van der Waals surface area contributed by atoms with Crippen molar-refractivity contribution in [1.29, 1.82) is 0 Å². The van der Waals surface area contributed by atoms with E-state index in [1.165, 1.54) is 0 Å². The minimum absolute atomic E-state index is 0.0103. The number of rotatable bonds is 6. The first-order valence-electron chi connectivity index (χ1n) is 6.98. The highest BCUT2D eigenvalue weighted by atomic mass is 35.5. The minimum Gasteiger partial charge on any atom is -0.354 e. The van der Waals surface area contributed by atoms with E-state index in [2.05, 4.69) is 29.1 Å². The van der Waals surface area contributed by atoms with Gasteiger partial charge in [-0.25, -0.2) is 9.97 Å². The van der Waals surface area contributed by atoms with Crippen LogP contribution in [0.3, 0.4) is 0 Å². The van der Waals surface area contributed by atoms with E-state index in [0.29, 0.717) is 29.4 Å². The van der Waals surface area contributed by atoms with Gasteiger partial charge in [0, 0.05) is 25.6 Å². The Kier molecular flexibility index (Phi) is 4.81. The van der Waals surface area contributed by atoms with Crippen molar-refractivity contribution >= 4 is 23.3 Å². The Labute approximate surface area is 124 Å². The number of aromatic nitrogens is 2. The second kappa shape index (κ2) is 6.39. The average molecular weight is 297 g/mol. The maximum atomic E-state index is 11.8. The molecule has 110 valence electrons. The molecule has 0 aromatic carbocycles. The Morgan fingerprint density at radius 3 is 2.80 bits per heavy atom. The highest BCUT2D eigenvalue weighted by Crippen LogP contribution is 2.38. The van der Waals surface area contributed by atoms with Crippen LogP contribution in [0.5, 0.6) is 0 Å². The van der Waals surface area contributed by atoms with E-state index >= 15 is 0 Å². The van der Waals surface area contributed by atoms with Gasteiger partial charge in [0.1, 0.15) is 16.8 Å². The van der Waals surface area contributed by atoms with Crippen LogP contribution in [0.1, 0.15) is 38.4 Å². The van der Waals surface area contributed by atoms with Crippen molar-refractivity contribution in [2.24, 2.45) is 5.92 Å². The number of hydrogen-bond donors (Lipinski definition) is 1. The number of hydrogen-bond acceptors (Lipinski definition) is 4. The van der Waals surface area contributed by atoms with E-state index in [9.17, 15) is 4.79 Å². The van der Waals surface area contributed by atoms with Gasteiger partial charge >= 0.3 is 0 Å². The first kappa shape index (κ1) is 15.0. The summed E-state index contributed by atoms with van der Waals surface area (Å²) < 4.78 is 0. The summed E-state index contributed by atoms with van der Waals surface area (Å²) in [4.78, 5) is 22.4. The second-order valence-electron chi connectivity index (χ2n) is 5.74. The summed E-state index contributed by atoms with van der Waals surface area (Å²) in [5.74, 6) is 2.37.